The van der Waals surface area contributed by atoms with Crippen LogP contribution < -0.4 is 10.6 Å². The van der Waals surface area contributed by atoms with Gasteiger partial charge in [0.25, 0.3) is 0 Å². The molecular formula is C16H22N2O. The molecule has 1 fully saturated rings. The van der Waals surface area contributed by atoms with E-state index in [2.05, 4.69) is 23.6 Å². The fourth-order valence-electron chi connectivity index (χ4n) is 2.40. The van der Waals surface area contributed by atoms with Crippen LogP contribution in [0.25, 0.3) is 0 Å². The summed E-state index contributed by atoms with van der Waals surface area (Å²) in [6.45, 7) is 4.10. The molecule has 1 aromatic carbocycles. The zero-order valence-electron chi connectivity index (χ0n) is 11.7. The van der Waals surface area contributed by atoms with Gasteiger partial charge in [-0.25, -0.2) is 4.79 Å². The van der Waals surface area contributed by atoms with Gasteiger partial charge in [-0.2, -0.15) is 0 Å². The fraction of sp³-hybridized carbons (Fsp3) is 0.438. The highest BCUT2D eigenvalue weighted by Gasteiger charge is 2.11. The molecule has 0 unspecified atom stereocenters. The molecule has 0 atom stereocenters. The molecule has 0 saturated heterocycles. The fourth-order valence-corrected chi connectivity index (χ4v) is 2.40. The molecule has 1 aromatic rings. The van der Waals surface area contributed by atoms with E-state index in [1.54, 1.807) is 6.20 Å². The van der Waals surface area contributed by atoms with Gasteiger partial charge in [-0.1, -0.05) is 25.0 Å². The van der Waals surface area contributed by atoms with E-state index in [0.29, 0.717) is 5.92 Å². The van der Waals surface area contributed by atoms with Gasteiger partial charge in [0, 0.05) is 11.9 Å². The van der Waals surface area contributed by atoms with Crippen molar-refractivity contribution in [3.63, 3.8) is 0 Å². The summed E-state index contributed by atoms with van der Waals surface area (Å²) >= 11 is 0. The number of allylic oxidation sites excluding steroid dienone is 1. The highest BCUT2D eigenvalue weighted by Crippen LogP contribution is 2.25. The number of nitrogens with one attached hydrogen (secondary N) is 2. The maximum Gasteiger partial charge on any atom is 0.323 e. The third kappa shape index (κ3) is 4.12. The van der Waals surface area contributed by atoms with Crippen molar-refractivity contribution in [3.05, 3.63) is 41.6 Å². The van der Waals surface area contributed by atoms with Crippen molar-refractivity contribution in [2.75, 3.05) is 5.32 Å². The third-order valence-corrected chi connectivity index (χ3v) is 3.75. The van der Waals surface area contributed by atoms with Crippen LogP contribution in [0.1, 0.15) is 36.8 Å². The summed E-state index contributed by atoms with van der Waals surface area (Å²) in [4.78, 5) is 11.7. The summed E-state index contributed by atoms with van der Waals surface area (Å²) in [6, 6.07) is 5.73. The van der Waals surface area contributed by atoms with E-state index in [1.807, 2.05) is 25.1 Å². The number of aryl methyl sites for hydroxylation is 2. The number of rotatable bonds is 3. The molecule has 0 bridgehead atoms. The molecule has 0 aromatic heterocycles. The average Bonchev–Trinajstić information content (AvgIpc) is 2.87. The average molecular weight is 258 g/mol. The standard InChI is InChI=1S/C16H22N2O/c1-12-7-8-15(11-13(12)2)18-16(19)17-10-9-14-5-3-4-6-14/h7-11,14H,3-6H2,1-2H3,(H2,17,18,19)/b10-9+. The lowest BCUT2D eigenvalue weighted by Crippen LogP contribution is -2.24. The number of carbonyl (C=O) groups excluding carboxylic acids is 1. The molecule has 1 aliphatic carbocycles. The van der Waals surface area contributed by atoms with Crippen LogP contribution in [-0.2, 0) is 0 Å². The van der Waals surface area contributed by atoms with Crippen molar-refractivity contribution >= 4 is 11.7 Å². The highest BCUT2D eigenvalue weighted by molar-refractivity contribution is 5.89. The van der Waals surface area contributed by atoms with Gasteiger partial charge in [0.15, 0.2) is 0 Å². The van der Waals surface area contributed by atoms with Crippen LogP contribution in [0, 0.1) is 19.8 Å². The Labute approximate surface area is 115 Å². The van der Waals surface area contributed by atoms with Crippen LogP contribution in [0.4, 0.5) is 10.5 Å². The molecule has 102 valence electrons. The summed E-state index contributed by atoms with van der Waals surface area (Å²) < 4.78 is 0. The van der Waals surface area contributed by atoms with Crippen LogP contribution in [0.2, 0.25) is 0 Å². The Bertz CT molecular complexity index is 474. The predicted octanol–water partition coefficient (Wildman–Crippen LogP) is 4.13. The van der Waals surface area contributed by atoms with Crippen LogP contribution in [0.3, 0.4) is 0 Å². The SMILES string of the molecule is Cc1ccc(NC(=O)N/C=C/C2CCCC2)cc1C. The van der Waals surface area contributed by atoms with E-state index in [1.165, 1.54) is 36.8 Å². The first-order valence-corrected chi connectivity index (χ1v) is 6.96. The monoisotopic (exact) mass is 258 g/mol. The van der Waals surface area contributed by atoms with Crippen molar-refractivity contribution in [1.29, 1.82) is 0 Å². The van der Waals surface area contributed by atoms with Gasteiger partial charge < -0.3 is 10.6 Å². The van der Waals surface area contributed by atoms with Crippen LogP contribution in [-0.4, -0.2) is 6.03 Å². The molecule has 1 aliphatic rings. The van der Waals surface area contributed by atoms with E-state index >= 15 is 0 Å². The summed E-state index contributed by atoms with van der Waals surface area (Å²) in [6.07, 6.45) is 8.99. The van der Waals surface area contributed by atoms with E-state index < -0.39 is 0 Å². The van der Waals surface area contributed by atoms with Crippen molar-refractivity contribution < 1.29 is 4.79 Å². The molecule has 2 amide bonds. The quantitative estimate of drug-likeness (QED) is 0.841. The van der Waals surface area contributed by atoms with Gasteiger partial charge in [-0.3, -0.25) is 0 Å². The lowest BCUT2D eigenvalue weighted by Gasteiger charge is -2.07. The second kappa shape index (κ2) is 6.41. The van der Waals surface area contributed by atoms with Crippen LogP contribution in [0.15, 0.2) is 30.5 Å². The van der Waals surface area contributed by atoms with E-state index in [4.69, 9.17) is 0 Å². The highest BCUT2D eigenvalue weighted by atomic mass is 16.2. The minimum atomic E-state index is -0.183. The van der Waals surface area contributed by atoms with E-state index in [-0.39, 0.29) is 6.03 Å². The second-order valence-electron chi connectivity index (χ2n) is 5.30. The van der Waals surface area contributed by atoms with Gasteiger partial charge >= 0.3 is 6.03 Å². The number of carbonyl (C=O) groups is 1. The van der Waals surface area contributed by atoms with Gasteiger partial charge in [-0.05, 0) is 55.9 Å². The normalized spacial score (nSPS) is 15.9. The molecule has 0 aliphatic heterocycles. The lowest BCUT2D eigenvalue weighted by atomic mass is 10.1. The molecule has 19 heavy (non-hydrogen) atoms. The topological polar surface area (TPSA) is 41.1 Å². The van der Waals surface area contributed by atoms with E-state index in [0.717, 1.165) is 5.69 Å². The van der Waals surface area contributed by atoms with Crippen molar-refractivity contribution in [2.24, 2.45) is 5.92 Å². The summed E-state index contributed by atoms with van der Waals surface area (Å²) in [5, 5.41) is 5.60. The number of urea groups is 1. The van der Waals surface area contributed by atoms with Gasteiger partial charge in [0.1, 0.15) is 0 Å². The Balaban J connectivity index is 1.81. The largest absolute Gasteiger partial charge is 0.323 e. The molecule has 3 nitrogen and oxygen atoms in total. The molecule has 1 saturated carbocycles. The Morgan fingerprint density at radius 2 is 1.95 bits per heavy atom. The van der Waals surface area contributed by atoms with Gasteiger partial charge in [-0.15, -0.1) is 0 Å². The molecule has 2 N–H and O–H groups in total. The molecule has 3 heteroatoms. The second-order valence-corrected chi connectivity index (χ2v) is 5.30. The first-order chi connectivity index (χ1) is 9.15. The molecule has 0 radical (unpaired) electrons. The molecule has 2 rings (SSSR count). The van der Waals surface area contributed by atoms with Crippen LogP contribution in [0.5, 0.6) is 0 Å². The number of anilines is 1. The van der Waals surface area contributed by atoms with Gasteiger partial charge in [0.05, 0.1) is 0 Å². The zero-order valence-corrected chi connectivity index (χ0v) is 11.7. The molecule has 0 heterocycles. The van der Waals surface area contributed by atoms with Crippen molar-refractivity contribution in [1.82, 2.24) is 5.32 Å². The summed E-state index contributed by atoms with van der Waals surface area (Å²) in [5.74, 6) is 0.641. The Morgan fingerprint density at radius 1 is 1.21 bits per heavy atom. The first kappa shape index (κ1) is 13.7. The Morgan fingerprint density at radius 3 is 2.63 bits per heavy atom. The molecule has 0 spiro atoms. The first-order valence-electron chi connectivity index (χ1n) is 6.96. The maximum absolute atomic E-state index is 11.7. The summed E-state index contributed by atoms with van der Waals surface area (Å²) in [5.41, 5.74) is 3.24. The minimum absolute atomic E-state index is 0.183. The lowest BCUT2D eigenvalue weighted by molar-refractivity contribution is 0.255. The van der Waals surface area contributed by atoms with E-state index in [9.17, 15) is 4.79 Å². The zero-order chi connectivity index (χ0) is 13.7. The third-order valence-electron chi connectivity index (χ3n) is 3.75. The number of amides is 2. The van der Waals surface area contributed by atoms with Crippen LogP contribution >= 0.6 is 0 Å². The minimum Gasteiger partial charge on any atom is -0.315 e. The predicted molar refractivity (Wildman–Crippen MR) is 79.2 cm³/mol. The van der Waals surface area contributed by atoms with Crippen molar-refractivity contribution in [3.8, 4) is 0 Å². The Hall–Kier alpha value is -1.77. The number of hydrogen-bond acceptors (Lipinski definition) is 1. The Kier molecular flexibility index (Phi) is 4.61. The number of hydrogen-bond donors (Lipinski definition) is 2. The number of benzene rings is 1. The van der Waals surface area contributed by atoms with Crippen molar-refractivity contribution in [2.45, 2.75) is 39.5 Å². The molecular weight excluding hydrogens is 236 g/mol. The maximum atomic E-state index is 11.7. The van der Waals surface area contributed by atoms with Gasteiger partial charge in [0.2, 0.25) is 0 Å². The smallest absolute Gasteiger partial charge is 0.315 e. The summed E-state index contributed by atoms with van der Waals surface area (Å²) in [7, 11) is 0.